The van der Waals surface area contributed by atoms with E-state index in [0.29, 0.717) is 5.69 Å². The largest absolute Gasteiger partial charge is 0.383 e. The summed E-state index contributed by atoms with van der Waals surface area (Å²) in [5.74, 6) is -0.0583. The Hall–Kier alpha value is -2.28. The Labute approximate surface area is 113 Å². The number of hydrogen-bond acceptors (Lipinski definition) is 5. The van der Waals surface area contributed by atoms with Crippen LogP contribution in [0.15, 0.2) is 34.2 Å². The molecule has 0 spiro atoms. The highest BCUT2D eigenvalue weighted by molar-refractivity contribution is 7.71. The first-order valence-electron chi connectivity index (χ1n) is 5.66. The Kier molecular flexibility index (Phi) is 3.57. The van der Waals surface area contributed by atoms with Gasteiger partial charge in [0.15, 0.2) is 4.77 Å². The van der Waals surface area contributed by atoms with Gasteiger partial charge in [0.05, 0.1) is 5.69 Å². The fourth-order valence-corrected chi connectivity index (χ4v) is 2.10. The van der Waals surface area contributed by atoms with E-state index in [1.54, 1.807) is 6.07 Å². The van der Waals surface area contributed by atoms with Gasteiger partial charge in [0.25, 0.3) is 5.56 Å². The number of nitrogens with two attached hydrogens (primary N) is 1. The molecular formula is C12H12N4O2S. The van der Waals surface area contributed by atoms with E-state index in [1.807, 2.05) is 25.1 Å². The van der Waals surface area contributed by atoms with Crippen LogP contribution >= 0.6 is 12.2 Å². The first-order valence-corrected chi connectivity index (χ1v) is 6.06. The number of anilines is 1. The van der Waals surface area contributed by atoms with Crippen LogP contribution < -0.4 is 11.3 Å². The van der Waals surface area contributed by atoms with Crippen LogP contribution in [-0.4, -0.2) is 9.55 Å². The van der Waals surface area contributed by atoms with E-state index in [2.05, 4.69) is 10.2 Å². The normalized spacial score (nSPS) is 10.4. The molecule has 6 nitrogen and oxygen atoms in total. The molecule has 3 N–H and O–H groups in total. The van der Waals surface area contributed by atoms with E-state index in [-0.39, 0.29) is 16.3 Å². The SMILES string of the molecule is CCc1cccc(-n2c(N)c(N=O)c(=O)[nH]c2=S)c1. The summed E-state index contributed by atoms with van der Waals surface area (Å²) in [5.41, 5.74) is 6.53. The van der Waals surface area contributed by atoms with E-state index in [0.717, 1.165) is 12.0 Å². The maximum atomic E-state index is 11.5. The first-order chi connectivity index (χ1) is 9.08. The lowest BCUT2D eigenvalue weighted by Crippen LogP contribution is -2.16. The lowest BCUT2D eigenvalue weighted by molar-refractivity contribution is 0.944. The summed E-state index contributed by atoms with van der Waals surface area (Å²) in [6.45, 7) is 2.02. The number of nitroso groups, excluding NO2 is 1. The molecule has 0 saturated heterocycles. The third kappa shape index (κ3) is 2.32. The van der Waals surface area contributed by atoms with E-state index in [1.165, 1.54) is 4.57 Å². The summed E-state index contributed by atoms with van der Waals surface area (Å²) in [6, 6.07) is 7.50. The molecule has 7 heteroatoms. The van der Waals surface area contributed by atoms with Crippen LogP contribution in [-0.2, 0) is 6.42 Å². The quantitative estimate of drug-likeness (QED) is 0.665. The lowest BCUT2D eigenvalue weighted by atomic mass is 10.1. The average Bonchev–Trinajstić information content (AvgIpc) is 2.39. The number of nitrogen functional groups attached to an aromatic ring is 1. The highest BCUT2D eigenvalue weighted by atomic mass is 32.1. The van der Waals surface area contributed by atoms with Gasteiger partial charge < -0.3 is 5.73 Å². The van der Waals surface area contributed by atoms with E-state index in [9.17, 15) is 9.70 Å². The van der Waals surface area contributed by atoms with Crippen molar-refractivity contribution in [2.75, 3.05) is 5.73 Å². The molecule has 2 aromatic rings. The first kappa shape index (κ1) is 13.2. The molecule has 0 unspecified atom stereocenters. The van der Waals surface area contributed by atoms with Crippen LogP contribution in [0, 0.1) is 9.68 Å². The van der Waals surface area contributed by atoms with Crippen LogP contribution in [0.2, 0.25) is 0 Å². The van der Waals surface area contributed by atoms with Crippen molar-refractivity contribution in [3.63, 3.8) is 0 Å². The summed E-state index contributed by atoms with van der Waals surface area (Å²) in [5, 5.41) is 2.65. The topological polar surface area (TPSA) is 93.2 Å². The van der Waals surface area contributed by atoms with Gasteiger partial charge in [-0.05, 0) is 41.5 Å². The highest BCUT2D eigenvalue weighted by Crippen LogP contribution is 2.21. The Morgan fingerprint density at radius 2 is 2.21 bits per heavy atom. The maximum Gasteiger partial charge on any atom is 0.283 e. The molecule has 0 fully saturated rings. The lowest BCUT2D eigenvalue weighted by Gasteiger charge is -2.12. The fraction of sp³-hybridized carbons (Fsp3) is 0.167. The molecule has 0 radical (unpaired) electrons. The van der Waals surface area contributed by atoms with Gasteiger partial charge in [-0.1, -0.05) is 19.1 Å². The van der Waals surface area contributed by atoms with Gasteiger partial charge in [0.1, 0.15) is 5.82 Å². The molecule has 0 atom stereocenters. The molecule has 0 aliphatic rings. The predicted octanol–water partition coefficient (Wildman–Crippen LogP) is 2.44. The Bertz CT molecular complexity index is 748. The van der Waals surface area contributed by atoms with Crippen LogP contribution in [0.25, 0.3) is 5.69 Å². The van der Waals surface area contributed by atoms with E-state index >= 15 is 0 Å². The molecule has 0 amide bonds. The van der Waals surface area contributed by atoms with Crippen molar-refractivity contribution in [3.8, 4) is 5.69 Å². The van der Waals surface area contributed by atoms with Gasteiger partial charge >= 0.3 is 0 Å². The maximum absolute atomic E-state index is 11.5. The van der Waals surface area contributed by atoms with Crippen LogP contribution in [0.1, 0.15) is 12.5 Å². The number of nitrogens with zero attached hydrogens (tertiary/aromatic N) is 2. The van der Waals surface area contributed by atoms with Gasteiger partial charge in [-0.25, -0.2) is 0 Å². The van der Waals surface area contributed by atoms with Gasteiger partial charge in [-0.2, -0.15) is 0 Å². The third-order valence-electron chi connectivity index (χ3n) is 2.79. The van der Waals surface area contributed by atoms with Crippen molar-refractivity contribution in [3.05, 3.63) is 49.9 Å². The Balaban J connectivity index is 2.78. The van der Waals surface area contributed by atoms with Gasteiger partial charge in [-0.3, -0.25) is 14.3 Å². The van der Waals surface area contributed by atoms with Gasteiger partial charge in [0.2, 0.25) is 5.69 Å². The number of nitrogens with one attached hydrogen (secondary N) is 1. The molecule has 0 aliphatic heterocycles. The number of benzene rings is 1. The zero-order valence-electron chi connectivity index (χ0n) is 10.2. The number of rotatable bonds is 3. The summed E-state index contributed by atoms with van der Waals surface area (Å²) in [4.78, 5) is 24.5. The van der Waals surface area contributed by atoms with Crippen molar-refractivity contribution in [1.29, 1.82) is 0 Å². The summed E-state index contributed by atoms with van der Waals surface area (Å²) < 4.78 is 1.55. The molecule has 1 aromatic carbocycles. The van der Waals surface area contributed by atoms with Crippen LogP contribution in [0.4, 0.5) is 11.5 Å². The van der Waals surface area contributed by atoms with Crippen molar-refractivity contribution in [2.24, 2.45) is 5.18 Å². The summed E-state index contributed by atoms with van der Waals surface area (Å²) >= 11 is 5.08. The van der Waals surface area contributed by atoms with Crippen LogP contribution in [0.3, 0.4) is 0 Å². The van der Waals surface area contributed by atoms with E-state index in [4.69, 9.17) is 18.0 Å². The molecule has 19 heavy (non-hydrogen) atoms. The number of aromatic nitrogens is 2. The summed E-state index contributed by atoms with van der Waals surface area (Å²) in [6.07, 6.45) is 0.850. The third-order valence-corrected chi connectivity index (χ3v) is 3.08. The monoisotopic (exact) mass is 276 g/mol. The van der Waals surface area contributed by atoms with E-state index < -0.39 is 5.56 Å². The second-order valence-electron chi connectivity index (χ2n) is 3.94. The molecule has 2 rings (SSSR count). The Morgan fingerprint density at radius 1 is 1.47 bits per heavy atom. The second-order valence-corrected chi connectivity index (χ2v) is 4.33. The predicted molar refractivity (Wildman–Crippen MR) is 76.5 cm³/mol. The van der Waals surface area contributed by atoms with Gasteiger partial charge in [0, 0.05) is 0 Å². The Morgan fingerprint density at radius 3 is 2.84 bits per heavy atom. The van der Waals surface area contributed by atoms with Crippen LogP contribution in [0.5, 0.6) is 0 Å². The van der Waals surface area contributed by atoms with Crippen molar-refractivity contribution in [1.82, 2.24) is 9.55 Å². The summed E-state index contributed by atoms with van der Waals surface area (Å²) in [7, 11) is 0. The molecule has 0 bridgehead atoms. The average molecular weight is 276 g/mol. The number of H-pyrrole nitrogens is 1. The standard InChI is InChI=1S/C12H12N4O2S/c1-2-7-4-3-5-8(6-7)16-10(13)9(15-18)11(17)14-12(16)19/h3-6H,2,13H2,1H3,(H,14,17,19). The van der Waals surface area contributed by atoms with Crippen molar-refractivity contribution < 1.29 is 0 Å². The fourth-order valence-electron chi connectivity index (χ4n) is 1.80. The van der Waals surface area contributed by atoms with Crippen molar-refractivity contribution >= 4 is 23.7 Å². The molecule has 1 aromatic heterocycles. The number of aromatic amines is 1. The molecule has 1 heterocycles. The molecular weight excluding hydrogens is 264 g/mol. The number of hydrogen-bond donors (Lipinski definition) is 2. The minimum atomic E-state index is -0.680. The molecule has 98 valence electrons. The van der Waals surface area contributed by atoms with Crippen molar-refractivity contribution in [2.45, 2.75) is 13.3 Å². The minimum Gasteiger partial charge on any atom is -0.383 e. The molecule has 0 aliphatic carbocycles. The minimum absolute atomic E-state index is 0.0583. The smallest absolute Gasteiger partial charge is 0.283 e. The second kappa shape index (κ2) is 5.15. The zero-order chi connectivity index (χ0) is 14.0. The zero-order valence-corrected chi connectivity index (χ0v) is 11.0. The molecule has 0 saturated carbocycles. The highest BCUT2D eigenvalue weighted by Gasteiger charge is 2.12. The van der Waals surface area contributed by atoms with Gasteiger partial charge in [-0.15, -0.1) is 4.91 Å². The number of aryl methyl sites for hydroxylation is 1.